The van der Waals surface area contributed by atoms with Crippen LogP contribution in [0.1, 0.15) is 13.3 Å². The maximum absolute atomic E-state index is 10.8. The number of aliphatic imine (C=N–C) groups is 1. The zero-order chi connectivity index (χ0) is 8.69. The van der Waals surface area contributed by atoms with Crippen LogP contribution in [0.2, 0.25) is 0 Å². The quantitative estimate of drug-likeness (QED) is 0.362. The van der Waals surface area contributed by atoms with E-state index < -0.39 is 0 Å². The van der Waals surface area contributed by atoms with E-state index in [1.807, 2.05) is 0 Å². The van der Waals surface area contributed by atoms with Gasteiger partial charge < -0.3 is 10.1 Å². The molecule has 0 aliphatic carbocycles. The second kappa shape index (κ2) is 5.70. The number of hydrogen-bond acceptors (Lipinski definition) is 3. The van der Waals surface area contributed by atoms with Gasteiger partial charge in [0.15, 0.2) is 0 Å². The van der Waals surface area contributed by atoms with Gasteiger partial charge in [0.2, 0.25) is 0 Å². The summed E-state index contributed by atoms with van der Waals surface area (Å²) in [5, 5.41) is 2.79. The van der Waals surface area contributed by atoms with E-state index in [1.54, 1.807) is 21.0 Å². The van der Waals surface area contributed by atoms with Gasteiger partial charge in [0.1, 0.15) is 12.3 Å². The average Bonchev–Trinajstić information content (AvgIpc) is 2.01. The molecule has 0 aromatic carbocycles. The molecule has 1 N–H and O–H groups in total. The molecule has 0 aromatic rings. The van der Waals surface area contributed by atoms with E-state index in [1.165, 1.54) is 0 Å². The van der Waals surface area contributed by atoms with E-state index in [0.717, 1.165) is 0 Å². The molecule has 0 bridgehead atoms. The molecule has 0 radical (unpaired) electrons. The molecule has 0 aromatic heterocycles. The molecule has 4 heteroatoms. The van der Waals surface area contributed by atoms with E-state index in [9.17, 15) is 4.79 Å². The third-order valence-electron chi connectivity index (χ3n) is 1.18. The SMILES string of the molecule is CCOC(=O)CC(=NC)NC. The van der Waals surface area contributed by atoms with Gasteiger partial charge in [-0.05, 0) is 6.92 Å². The molecule has 0 atom stereocenters. The molecule has 0 aliphatic rings. The number of carbonyl (C=O) groups excluding carboxylic acids is 1. The molecule has 0 spiro atoms. The van der Waals surface area contributed by atoms with Gasteiger partial charge in [0.25, 0.3) is 0 Å². The minimum atomic E-state index is -0.248. The summed E-state index contributed by atoms with van der Waals surface area (Å²) in [6.07, 6.45) is 0.223. The molecule has 0 heterocycles. The van der Waals surface area contributed by atoms with Crippen molar-refractivity contribution in [1.82, 2.24) is 5.32 Å². The maximum Gasteiger partial charge on any atom is 0.313 e. The number of ether oxygens (including phenoxy) is 1. The number of nitrogens with one attached hydrogen (secondary N) is 1. The first-order valence-corrected chi connectivity index (χ1v) is 3.53. The summed E-state index contributed by atoms with van der Waals surface area (Å²) in [6, 6.07) is 0. The first-order chi connectivity index (χ1) is 5.24. The first-order valence-electron chi connectivity index (χ1n) is 3.53. The predicted molar refractivity (Wildman–Crippen MR) is 43.7 cm³/mol. The Labute approximate surface area is 66.6 Å². The molecule has 11 heavy (non-hydrogen) atoms. The fourth-order valence-electron chi connectivity index (χ4n) is 0.628. The molecule has 0 aliphatic heterocycles. The fraction of sp³-hybridized carbons (Fsp3) is 0.714. The van der Waals surface area contributed by atoms with Gasteiger partial charge in [-0.3, -0.25) is 9.79 Å². The highest BCUT2D eigenvalue weighted by atomic mass is 16.5. The van der Waals surface area contributed by atoms with E-state index in [2.05, 4.69) is 10.3 Å². The van der Waals surface area contributed by atoms with Crippen molar-refractivity contribution < 1.29 is 9.53 Å². The van der Waals surface area contributed by atoms with Crippen LogP contribution in [-0.4, -0.2) is 32.5 Å². The van der Waals surface area contributed by atoms with Crippen molar-refractivity contribution in [1.29, 1.82) is 0 Å². The van der Waals surface area contributed by atoms with E-state index in [-0.39, 0.29) is 12.4 Å². The van der Waals surface area contributed by atoms with E-state index in [4.69, 9.17) is 4.74 Å². The van der Waals surface area contributed by atoms with Crippen molar-refractivity contribution in [2.75, 3.05) is 20.7 Å². The molecule has 0 unspecified atom stereocenters. The third-order valence-corrected chi connectivity index (χ3v) is 1.18. The highest BCUT2D eigenvalue weighted by molar-refractivity contribution is 5.97. The summed E-state index contributed by atoms with van der Waals surface area (Å²) in [7, 11) is 3.35. The lowest BCUT2D eigenvalue weighted by Crippen LogP contribution is -2.22. The van der Waals surface area contributed by atoms with Crippen LogP contribution in [0.15, 0.2) is 4.99 Å². The molecular weight excluding hydrogens is 144 g/mol. The lowest BCUT2D eigenvalue weighted by atomic mass is 10.4. The third kappa shape index (κ3) is 4.36. The Kier molecular flexibility index (Phi) is 5.15. The van der Waals surface area contributed by atoms with Gasteiger partial charge in [-0.1, -0.05) is 0 Å². The summed E-state index contributed by atoms with van der Waals surface area (Å²) in [4.78, 5) is 14.7. The number of rotatable bonds is 3. The molecule has 0 saturated heterocycles. The number of esters is 1. The Hall–Kier alpha value is -1.06. The summed E-state index contributed by atoms with van der Waals surface area (Å²) >= 11 is 0. The molecule has 0 rings (SSSR count). The van der Waals surface area contributed by atoms with Crippen molar-refractivity contribution in [2.45, 2.75) is 13.3 Å². The van der Waals surface area contributed by atoms with Crippen molar-refractivity contribution in [2.24, 2.45) is 4.99 Å². The van der Waals surface area contributed by atoms with Crippen LogP contribution in [0.3, 0.4) is 0 Å². The van der Waals surface area contributed by atoms with Crippen LogP contribution < -0.4 is 5.32 Å². The molecular formula is C7H14N2O2. The Morgan fingerprint density at radius 1 is 1.64 bits per heavy atom. The van der Waals surface area contributed by atoms with Gasteiger partial charge in [-0.25, -0.2) is 0 Å². The highest BCUT2D eigenvalue weighted by Gasteiger charge is 2.04. The van der Waals surface area contributed by atoms with Crippen molar-refractivity contribution in [3.8, 4) is 0 Å². The topological polar surface area (TPSA) is 50.7 Å². The molecule has 0 fully saturated rings. The standard InChI is InChI=1S/C7H14N2O2/c1-4-11-7(10)5-6(8-2)9-3/h4-5H2,1-3H3,(H,8,9). The minimum Gasteiger partial charge on any atom is -0.466 e. The van der Waals surface area contributed by atoms with Crippen molar-refractivity contribution in [3.05, 3.63) is 0 Å². The van der Waals surface area contributed by atoms with Gasteiger partial charge in [-0.15, -0.1) is 0 Å². The summed E-state index contributed by atoms with van der Waals surface area (Å²) < 4.78 is 4.72. The Balaban J connectivity index is 3.73. The van der Waals surface area contributed by atoms with Gasteiger partial charge in [-0.2, -0.15) is 0 Å². The normalized spacial score (nSPS) is 11.0. The van der Waals surface area contributed by atoms with Gasteiger partial charge in [0.05, 0.1) is 6.61 Å². The van der Waals surface area contributed by atoms with Crippen LogP contribution in [0.4, 0.5) is 0 Å². The number of hydrogen-bond donors (Lipinski definition) is 1. The maximum atomic E-state index is 10.8. The molecule has 0 saturated carbocycles. The summed E-state index contributed by atoms with van der Waals surface area (Å²) in [5.41, 5.74) is 0. The van der Waals surface area contributed by atoms with E-state index >= 15 is 0 Å². The second-order valence-electron chi connectivity index (χ2n) is 1.90. The molecule has 4 nitrogen and oxygen atoms in total. The number of carbonyl (C=O) groups is 1. The van der Waals surface area contributed by atoms with Gasteiger partial charge >= 0.3 is 5.97 Å². The Bertz CT molecular complexity index is 155. The zero-order valence-electron chi connectivity index (χ0n) is 7.18. The number of amidine groups is 1. The van der Waals surface area contributed by atoms with Gasteiger partial charge in [0, 0.05) is 14.1 Å². The van der Waals surface area contributed by atoms with Crippen LogP contribution in [0.5, 0.6) is 0 Å². The lowest BCUT2D eigenvalue weighted by molar-refractivity contribution is -0.141. The van der Waals surface area contributed by atoms with Crippen LogP contribution >= 0.6 is 0 Å². The summed E-state index contributed by atoms with van der Waals surface area (Å²) in [6.45, 7) is 2.19. The minimum absolute atomic E-state index is 0.223. The summed E-state index contributed by atoms with van der Waals surface area (Å²) in [5.74, 6) is 0.394. The zero-order valence-corrected chi connectivity index (χ0v) is 7.18. The monoisotopic (exact) mass is 158 g/mol. The van der Waals surface area contributed by atoms with E-state index in [0.29, 0.717) is 12.4 Å². The Morgan fingerprint density at radius 3 is 2.64 bits per heavy atom. The molecule has 64 valence electrons. The Morgan fingerprint density at radius 2 is 2.27 bits per heavy atom. The average molecular weight is 158 g/mol. The molecule has 0 amide bonds. The second-order valence-corrected chi connectivity index (χ2v) is 1.90. The fourth-order valence-corrected chi connectivity index (χ4v) is 0.628. The largest absolute Gasteiger partial charge is 0.466 e. The number of nitrogens with zero attached hydrogens (tertiary/aromatic N) is 1. The predicted octanol–water partition coefficient (Wildman–Crippen LogP) is 0.187. The van der Waals surface area contributed by atoms with Crippen LogP contribution in [0, 0.1) is 0 Å². The first kappa shape index (κ1) is 9.94. The highest BCUT2D eigenvalue weighted by Crippen LogP contribution is 1.87. The smallest absolute Gasteiger partial charge is 0.313 e. The van der Waals surface area contributed by atoms with Crippen LogP contribution in [0.25, 0.3) is 0 Å². The lowest BCUT2D eigenvalue weighted by Gasteiger charge is -2.03. The van der Waals surface area contributed by atoms with Crippen molar-refractivity contribution >= 4 is 11.8 Å². The van der Waals surface area contributed by atoms with Crippen molar-refractivity contribution in [3.63, 3.8) is 0 Å². The van der Waals surface area contributed by atoms with Crippen LogP contribution in [-0.2, 0) is 9.53 Å².